The summed E-state index contributed by atoms with van der Waals surface area (Å²) in [5.41, 5.74) is 1.98. The van der Waals surface area contributed by atoms with E-state index in [9.17, 15) is 18.4 Å². The molecule has 140 valence electrons. The summed E-state index contributed by atoms with van der Waals surface area (Å²) >= 11 is 0. The van der Waals surface area contributed by atoms with Gasteiger partial charge in [-0.05, 0) is 36.8 Å². The van der Waals surface area contributed by atoms with Crippen LogP contribution < -0.4 is 15.6 Å². The molecule has 0 spiro atoms. The number of aryl methyl sites for hydroxylation is 1. The summed E-state index contributed by atoms with van der Waals surface area (Å²) in [7, 11) is 0. The third kappa shape index (κ3) is 4.60. The molecule has 1 aromatic heterocycles. The molecule has 0 aliphatic rings. The van der Waals surface area contributed by atoms with Crippen LogP contribution in [0.1, 0.15) is 21.6 Å². The molecule has 0 bridgehead atoms. The molecule has 2 aromatic carbocycles. The van der Waals surface area contributed by atoms with Crippen LogP contribution in [0.15, 0.2) is 59.4 Å². The Bertz CT molecular complexity index is 994. The quantitative estimate of drug-likeness (QED) is 0.697. The fourth-order valence-electron chi connectivity index (χ4n) is 2.51. The highest BCUT2D eigenvalue weighted by molar-refractivity contribution is 5.92. The number of ether oxygens (including phenoxy) is 1. The molecule has 0 atom stereocenters. The highest BCUT2D eigenvalue weighted by Crippen LogP contribution is 2.16. The predicted octanol–water partition coefficient (Wildman–Crippen LogP) is 3.01. The smallest absolute Gasteiger partial charge is 0.387 e. The third-order valence-corrected chi connectivity index (χ3v) is 3.83. The number of carbonyl (C=O) groups excluding carboxylic acids is 1. The Morgan fingerprint density at radius 1 is 1.19 bits per heavy atom. The highest BCUT2D eigenvalue weighted by atomic mass is 19.3. The van der Waals surface area contributed by atoms with Gasteiger partial charge in [0.25, 0.3) is 11.5 Å². The molecule has 8 heteroatoms. The first-order valence-corrected chi connectivity index (χ1v) is 8.13. The second-order valence-corrected chi connectivity index (χ2v) is 5.89. The largest absolute Gasteiger partial charge is 0.435 e. The minimum absolute atomic E-state index is 0.00989. The van der Waals surface area contributed by atoms with Crippen LogP contribution in [0.3, 0.4) is 0 Å². The Morgan fingerprint density at radius 3 is 2.63 bits per heavy atom. The van der Waals surface area contributed by atoms with Crippen LogP contribution in [0.5, 0.6) is 5.75 Å². The summed E-state index contributed by atoms with van der Waals surface area (Å²) in [5, 5.41) is 5.39. The van der Waals surface area contributed by atoms with Crippen molar-refractivity contribution in [3.8, 4) is 11.4 Å². The number of nitrogens with zero attached hydrogens (tertiary/aromatic N) is 1. The van der Waals surface area contributed by atoms with E-state index >= 15 is 0 Å². The SMILES string of the molecule is Cc1ccc(-n2[nH]c(C(=O)NCc3cccc(OC(F)F)c3)cc2=O)cc1. The van der Waals surface area contributed by atoms with E-state index in [1.54, 1.807) is 24.3 Å². The number of alkyl halides is 2. The average molecular weight is 373 g/mol. The minimum Gasteiger partial charge on any atom is -0.435 e. The summed E-state index contributed by atoms with van der Waals surface area (Å²) < 4.78 is 30.1. The van der Waals surface area contributed by atoms with E-state index in [1.165, 1.54) is 22.9 Å². The number of nitrogens with one attached hydrogen (secondary N) is 2. The summed E-state index contributed by atoms with van der Waals surface area (Å²) in [6.45, 7) is -0.889. The number of amides is 1. The van der Waals surface area contributed by atoms with Gasteiger partial charge in [-0.15, -0.1) is 0 Å². The van der Waals surface area contributed by atoms with Gasteiger partial charge in [-0.25, -0.2) is 4.68 Å². The minimum atomic E-state index is -2.92. The van der Waals surface area contributed by atoms with Gasteiger partial charge in [-0.1, -0.05) is 29.8 Å². The molecule has 1 amide bonds. The Kier molecular flexibility index (Phi) is 5.35. The van der Waals surface area contributed by atoms with Crippen LogP contribution in [-0.4, -0.2) is 22.3 Å². The Balaban J connectivity index is 1.69. The number of rotatable bonds is 6. The molecular weight excluding hydrogens is 356 g/mol. The number of aromatic nitrogens is 2. The van der Waals surface area contributed by atoms with E-state index in [4.69, 9.17) is 0 Å². The molecule has 0 radical (unpaired) electrons. The lowest BCUT2D eigenvalue weighted by molar-refractivity contribution is -0.0498. The molecule has 2 N–H and O–H groups in total. The molecule has 0 saturated carbocycles. The van der Waals surface area contributed by atoms with E-state index in [2.05, 4.69) is 15.2 Å². The standard InChI is InChI=1S/C19H17F2N3O3/c1-12-5-7-14(8-6-12)24-17(25)10-16(23-24)18(26)22-11-13-3-2-4-15(9-13)27-19(20)21/h2-10,19,23H,11H2,1H3,(H,22,26). The van der Waals surface area contributed by atoms with Gasteiger partial charge in [0, 0.05) is 12.6 Å². The lowest BCUT2D eigenvalue weighted by Crippen LogP contribution is -2.23. The van der Waals surface area contributed by atoms with Crippen molar-refractivity contribution in [2.75, 3.05) is 0 Å². The third-order valence-electron chi connectivity index (χ3n) is 3.83. The van der Waals surface area contributed by atoms with E-state index in [1.807, 2.05) is 19.1 Å². The topological polar surface area (TPSA) is 76.1 Å². The maximum absolute atomic E-state index is 12.3. The molecule has 0 fully saturated rings. The number of hydrogen-bond acceptors (Lipinski definition) is 3. The lowest BCUT2D eigenvalue weighted by atomic mass is 10.2. The van der Waals surface area contributed by atoms with Crippen molar-refractivity contribution in [1.29, 1.82) is 0 Å². The van der Waals surface area contributed by atoms with Gasteiger partial charge in [0.15, 0.2) is 0 Å². The van der Waals surface area contributed by atoms with Crippen molar-refractivity contribution in [3.63, 3.8) is 0 Å². The maximum atomic E-state index is 12.3. The van der Waals surface area contributed by atoms with Gasteiger partial charge in [-0.2, -0.15) is 8.78 Å². The van der Waals surface area contributed by atoms with Crippen molar-refractivity contribution < 1.29 is 18.3 Å². The second kappa shape index (κ2) is 7.86. The number of carbonyl (C=O) groups is 1. The fourth-order valence-corrected chi connectivity index (χ4v) is 2.51. The molecule has 6 nitrogen and oxygen atoms in total. The maximum Gasteiger partial charge on any atom is 0.387 e. The molecule has 0 saturated heterocycles. The van der Waals surface area contributed by atoms with Gasteiger partial charge >= 0.3 is 6.61 Å². The van der Waals surface area contributed by atoms with E-state index < -0.39 is 12.5 Å². The number of benzene rings is 2. The first-order valence-electron chi connectivity index (χ1n) is 8.13. The van der Waals surface area contributed by atoms with Crippen LogP contribution in [0.4, 0.5) is 8.78 Å². The van der Waals surface area contributed by atoms with Crippen molar-refractivity contribution in [1.82, 2.24) is 15.1 Å². The van der Waals surface area contributed by atoms with Gasteiger partial charge < -0.3 is 10.1 Å². The van der Waals surface area contributed by atoms with Crippen molar-refractivity contribution >= 4 is 5.91 Å². The zero-order valence-electron chi connectivity index (χ0n) is 14.4. The molecule has 27 heavy (non-hydrogen) atoms. The normalized spacial score (nSPS) is 10.8. The van der Waals surface area contributed by atoms with Gasteiger partial charge in [0.1, 0.15) is 11.4 Å². The molecule has 0 unspecified atom stereocenters. The summed E-state index contributed by atoms with van der Waals surface area (Å²) in [6, 6.07) is 14.5. The van der Waals surface area contributed by atoms with Crippen LogP contribution >= 0.6 is 0 Å². The van der Waals surface area contributed by atoms with E-state index in [0.29, 0.717) is 11.3 Å². The van der Waals surface area contributed by atoms with E-state index in [-0.39, 0.29) is 23.5 Å². The monoisotopic (exact) mass is 373 g/mol. The Hall–Kier alpha value is -3.42. The van der Waals surface area contributed by atoms with Crippen molar-refractivity contribution in [3.05, 3.63) is 81.8 Å². The van der Waals surface area contributed by atoms with Gasteiger partial charge in [0.05, 0.1) is 5.69 Å². The fraction of sp³-hybridized carbons (Fsp3) is 0.158. The molecule has 1 heterocycles. The van der Waals surface area contributed by atoms with Crippen LogP contribution in [-0.2, 0) is 6.54 Å². The van der Waals surface area contributed by atoms with Crippen LogP contribution in [0.25, 0.3) is 5.69 Å². The second-order valence-electron chi connectivity index (χ2n) is 5.89. The van der Waals surface area contributed by atoms with Crippen molar-refractivity contribution in [2.45, 2.75) is 20.1 Å². The lowest BCUT2D eigenvalue weighted by Gasteiger charge is -2.08. The van der Waals surface area contributed by atoms with Gasteiger partial charge in [-0.3, -0.25) is 14.7 Å². The molecular formula is C19H17F2N3O3. The number of halogens is 2. The number of H-pyrrole nitrogens is 1. The molecule has 3 rings (SSSR count). The Labute approximate surface area is 153 Å². The average Bonchev–Trinajstić information content (AvgIpc) is 3.02. The predicted molar refractivity (Wildman–Crippen MR) is 95.4 cm³/mol. The van der Waals surface area contributed by atoms with Gasteiger partial charge in [0.2, 0.25) is 0 Å². The van der Waals surface area contributed by atoms with Crippen molar-refractivity contribution in [2.24, 2.45) is 0 Å². The molecule has 0 aliphatic heterocycles. The summed E-state index contributed by atoms with van der Waals surface area (Å²) in [4.78, 5) is 24.4. The molecule has 0 aliphatic carbocycles. The van der Waals surface area contributed by atoms with Crippen LogP contribution in [0.2, 0.25) is 0 Å². The number of hydrogen-bond donors (Lipinski definition) is 2. The zero-order chi connectivity index (χ0) is 19.4. The van der Waals surface area contributed by atoms with E-state index in [0.717, 1.165) is 5.56 Å². The number of aromatic amines is 1. The molecule has 3 aromatic rings. The highest BCUT2D eigenvalue weighted by Gasteiger charge is 2.12. The van der Waals surface area contributed by atoms with Crippen LogP contribution in [0, 0.1) is 6.92 Å². The summed E-state index contributed by atoms with van der Waals surface area (Å²) in [6.07, 6.45) is 0. The zero-order valence-corrected chi connectivity index (χ0v) is 14.4. The summed E-state index contributed by atoms with van der Waals surface area (Å²) in [5.74, 6) is -0.478. The Morgan fingerprint density at radius 2 is 1.93 bits per heavy atom. The first kappa shape index (κ1) is 18.4. The first-order chi connectivity index (χ1) is 12.9.